The van der Waals surface area contributed by atoms with Gasteiger partial charge in [-0.1, -0.05) is 6.07 Å². The van der Waals surface area contributed by atoms with Crippen LogP contribution in [0, 0.1) is 13.8 Å². The molecule has 0 aliphatic carbocycles. The van der Waals surface area contributed by atoms with E-state index in [-0.39, 0.29) is 18.4 Å². The zero-order chi connectivity index (χ0) is 25.7. The van der Waals surface area contributed by atoms with Crippen molar-refractivity contribution in [2.24, 2.45) is 0 Å². The maximum absolute atomic E-state index is 13.1. The SMILES string of the molecule is CCNC(=O)COc1ccc(CNC(=O)c2cc(C)n(-c3ccc4c(c3)OCCO4)c2C)cc1OC. The normalized spacial score (nSPS) is 12.1. The lowest BCUT2D eigenvalue weighted by molar-refractivity contribution is -0.123. The summed E-state index contributed by atoms with van der Waals surface area (Å²) in [4.78, 5) is 24.7. The Hall–Kier alpha value is -4.14. The van der Waals surface area contributed by atoms with E-state index in [1.54, 1.807) is 12.1 Å². The molecule has 2 heterocycles. The predicted octanol–water partition coefficient (Wildman–Crippen LogP) is 3.32. The third kappa shape index (κ3) is 5.40. The Morgan fingerprint density at radius 3 is 2.50 bits per heavy atom. The van der Waals surface area contributed by atoms with E-state index in [0.29, 0.717) is 49.1 Å². The number of aromatic nitrogens is 1. The van der Waals surface area contributed by atoms with Crippen LogP contribution in [0.4, 0.5) is 0 Å². The highest BCUT2D eigenvalue weighted by Gasteiger charge is 2.19. The fourth-order valence-electron chi connectivity index (χ4n) is 4.17. The van der Waals surface area contributed by atoms with Crippen molar-refractivity contribution in [3.05, 3.63) is 65.0 Å². The van der Waals surface area contributed by atoms with Crippen LogP contribution in [0.15, 0.2) is 42.5 Å². The number of fused-ring (bicyclic) bond motifs is 1. The van der Waals surface area contributed by atoms with Crippen LogP contribution in [0.25, 0.3) is 5.69 Å². The van der Waals surface area contributed by atoms with Gasteiger partial charge >= 0.3 is 0 Å². The van der Waals surface area contributed by atoms with E-state index in [2.05, 4.69) is 10.6 Å². The first kappa shape index (κ1) is 25.0. The molecule has 2 aromatic carbocycles. The van der Waals surface area contributed by atoms with Gasteiger partial charge in [0.2, 0.25) is 0 Å². The van der Waals surface area contributed by atoms with E-state index in [9.17, 15) is 9.59 Å². The van der Waals surface area contributed by atoms with Crippen molar-refractivity contribution in [1.82, 2.24) is 15.2 Å². The summed E-state index contributed by atoms with van der Waals surface area (Å²) < 4.78 is 24.3. The molecule has 1 aliphatic heterocycles. The van der Waals surface area contributed by atoms with Crippen molar-refractivity contribution in [2.45, 2.75) is 27.3 Å². The monoisotopic (exact) mass is 493 g/mol. The number of carbonyl (C=O) groups is 2. The fraction of sp³-hybridized carbons (Fsp3) is 0.333. The van der Waals surface area contributed by atoms with Gasteiger partial charge in [-0.2, -0.15) is 0 Å². The molecule has 0 radical (unpaired) electrons. The maximum Gasteiger partial charge on any atom is 0.257 e. The average molecular weight is 494 g/mol. The van der Waals surface area contributed by atoms with E-state index >= 15 is 0 Å². The molecule has 1 aliphatic rings. The third-order valence-corrected chi connectivity index (χ3v) is 5.87. The summed E-state index contributed by atoms with van der Waals surface area (Å²) in [6.45, 7) is 7.52. The number of benzene rings is 2. The van der Waals surface area contributed by atoms with Gasteiger partial charge < -0.3 is 34.1 Å². The summed E-state index contributed by atoms with van der Waals surface area (Å²) in [6, 6.07) is 13.0. The number of amides is 2. The summed E-state index contributed by atoms with van der Waals surface area (Å²) in [5.41, 5.74) is 4.10. The molecule has 0 bridgehead atoms. The lowest BCUT2D eigenvalue weighted by Gasteiger charge is -2.20. The summed E-state index contributed by atoms with van der Waals surface area (Å²) in [5, 5.41) is 5.66. The number of aryl methyl sites for hydroxylation is 1. The highest BCUT2D eigenvalue weighted by molar-refractivity contribution is 5.96. The first-order valence-corrected chi connectivity index (χ1v) is 11.8. The maximum atomic E-state index is 13.1. The van der Waals surface area contributed by atoms with Crippen LogP contribution in [-0.4, -0.2) is 49.9 Å². The molecular formula is C27H31N3O6. The van der Waals surface area contributed by atoms with Crippen LogP contribution in [0.1, 0.15) is 34.2 Å². The molecule has 9 nitrogen and oxygen atoms in total. The number of nitrogens with one attached hydrogen (secondary N) is 2. The molecule has 0 spiro atoms. The van der Waals surface area contributed by atoms with Gasteiger partial charge in [-0.3, -0.25) is 9.59 Å². The van der Waals surface area contributed by atoms with Gasteiger partial charge in [0.1, 0.15) is 13.2 Å². The number of ether oxygens (including phenoxy) is 4. The van der Waals surface area contributed by atoms with Crippen LogP contribution in [0.2, 0.25) is 0 Å². The van der Waals surface area contributed by atoms with E-state index in [1.807, 2.05) is 55.7 Å². The minimum atomic E-state index is -0.204. The average Bonchev–Trinajstić information content (AvgIpc) is 3.19. The van der Waals surface area contributed by atoms with Crippen molar-refractivity contribution in [1.29, 1.82) is 0 Å². The Kier molecular flexibility index (Phi) is 7.68. The lowest BCUT2D eigenvalue weighted by Crippen LogP contribution is -2.28. The molecule has 3 aromatic rings. The zero-order valence-corrected chi connectivity index (χ0v) is 21.0. The van der Waals surface area contributed by atoms with Gasteiger partial charge in [-0.25, -0.2) is 0 Å². The second kappa shape index (κ2) is 11.1. The number of rotatable bonds is 9. The van der Waals surface area contributed by atoms with Gasteiger partial charge in [0.05, 0.1) is 12.7 Å². The fourth-order valence-corrected chi connectivity index (χ4v) is 4.17. The number of hydrogen-bond acceptors (Lipinski definition) is 6. The van der Waals surface area contributed by atoms with Crippen LogP contribution in [0.3, 0.4) is 0 Å². The Morgan fingerprint density at radius 2 is 1.75 bits per heavy atom. The van der Waals surface area contributed by atoms with E-state index in [0.717, 1.165) is 28.4 Å². The minimum absolute atomic E-state index is 0.0979. The second-order valence-electron chi connectivity index (χ2n) is 8.36. The molecule has 190 valence electrons. The molecule has 1 aromatic heterocycles. The van der Waals surface area contributed by atoms with Gasteiger partial charge in [-0.05, 0) is 56.7 Å². The van der Waals surface area contributed by atoms with Crippen LogP contribution >= 0.6 is 0 Å². The van der Waals surface area contributed by atoms with Gasteiger partial charge in [-0.15, -0.1) is 0 Å². The molecule has 9 heteroatoms. The van der Waals surface area contributed by atoms with Gasteiger partial charge in [0.25, 0.3) is 11.8 Å². The molecule has 4 rings (SSSR count). The summed E-state index contributed by atoms with van der Waals surface area (Å²) in [5.74, 6) is 1.99. The summed E-state index contributed by atoms with van der Waals surface area (Å²) >= 11 is 0. The van der Waals surface area contributed by atoms with Crippen molar-refractivity contribution in [2.75, 3.05) is 33.5 Å². The van der Waals surface area contributed by atoms with Crippen molar-refractivity contribution in [3.8, 4) is 28.7 Å². The molecule has 2 N–H and O–H groups in total. The van der Waals surface area contributed by atoms with E-state index in [4.69, 9.17) is 18.9 Å². The summed E-state index contributed by atoms with van der Waals surface area (Å²) in [6.07, 6.45) is 0. The first-order valence-electron chi connectivity index (χ1n) is 11.8. The standard InChI is InChI=1S/C27H31N3O6/c1-5-28-26(31)16-36-22-8-6-19(13-24(22)33-4)15-29-27(32)21-12-17(2)30(18(21)3)20-7-9-23-25(14-20)35-11-10-34-23/h6-9,12-14H,5,10-11,15-16H2,1-4H3,(H,28,31)(H,29,32). The molecular weight excluding hydrogens is 462 g/mol. The van der Waals surface area contributed by atoms with Gasteiger partial charge in [0, 0.05) is 36.2 Å². The van der Waals surface area contributed by atoms with E-state index in [1.165, 1.54) is 7.11 Å². The van der Waals surface area contributed by atoms with Crippen molar-refractivity contribution < 1.29 is 28.5 Å². The number of methoxy groups -OCH3 is 1. The Balaban J connectivity index is 1.45. The Morgan fingerprint density at radius 1 is 0.972 bits per heavy atom. The molecule has 0 unspecified atom stereocenters. The number of likely N-dealkylation sites (N-methyl/N-ethyl adjacent to an activating group) is 1. The molecule has 0 saturated heterocycles. The first-order chi connectivity index (χ1) is 17.4. The smallest absolute Gasteiger partial charge is 0.257 e. The van der Waals surface area contributed by atoms with E-state index < -0.39 is 0 Å². The predicted molar refractivity (Wildman–Crippen MR) is 135 cm³/mol. The molecule has 36 heavy (non-hydrogen) atoms. The highest BCUT2D eigenvalue weighted by atomic mass is 16.6. The van der Waals surface area contributed by atoms with Crippen LogP contribution < -0.4 is 29.6 Å². The summed E-state index contributed by atoms with van der Waals surface area (Å²) in [7, 11) is 1.53. The molecule has 0 saturated carbocycles. The Labute approximate surface area is 210 Å². The highest BCUT2D eigenvalue weighted by Crippen LogP contribution is 2.33. The molecule has 0 fully saturated rings. The van der Waals surface area contributed by atoms with Crippen LogP contribution in [0.5, 0.6) is 23.0 Å². The zero-order valence-electron chi connectivity index (χ0n) is 21.0. The van der Waals surface area contributed by atoms with Crippen LogP contribution in [-0.2, 0) is 11.3 Å². The number of carbonyl (C=O) groups excluding carboxylic acids is 2. The quantitative estimate of drug-likeness (QED) is 0.475. The van der Waals surface area contributed by atoms with Crippen molar-refractivity contribution >= 4 is 11.8 Å². The van der Waals surface area contributed by atoms with Crippen molar-refractivity contribution in [3.63, 3.8) is 0 Å². The largest absolute Gasteiger partial charge is 0.493 e. The molecule has 0 atom stereocenters. The number of hydrogen-bond donors (Lipinski definition) is 2. The molecule has 2 amide bonds. The lowest BCUT2D eigenvalue weighted by atomic mass is 10.2. The number of nitrogens with zero attached hydrogens (tertiary/aromatic N) is 1. The Bertz CT molecular complexity index is 1270. The topological polar surface area (TPSA) is 100 Å². The van der Waals surface area contributed by atoms with Gasteiger partial charge in [0.15, 0.2) is 29.6 Å². The minimum Gasteiger partial charge on any atom is -0.493 e. The third-order valence-electron chi connectivity index (χ3n) is 5.87. The second-order valence-corrected chi connectivity index (χ2v) is 8.36.